The average Bonchev–Trinajstić information content (AvgIpc) is 1.62. The van der Waals surface area contributed by atoms with E-state index >= 15 is 0 Å². The number of hydrogen-bond donors (Lipinski definition) is 2. The fraction of sp³-hybridized carbons (Fsp3) is 0.800. The Bertz CT molecular complexity index is 109. The van der Waals surface area contributed by atoms with Crippen molar-refractivity contribution >= 4 is 0 Å². The quantitative estimate of drug-likeness (QED) is 0.459. The van der Waals surface area contributed by atoms with Gasteiger partial charge in [-0.05, 0) is 13.8 Å². The zero-order valence-electron chi connectivity index (χ0n) is 4.92. The van der Waals surface area contributed by atoms with Crippen molar-refractivity contribution in [2.45, 2.75) is 25.6 Å². The lowest BCUT2D eigenvalue weighted by Crippen LogP contribution is -2.34. The van der Waals surface area contributed by atoms with E-state index in [0.717, 1.165) is 0 Å². The molecule has 0 spiro atoms. The van der Waals surface area contributed by atoms with Crippen molar-refractivity contribution in [3.05, 3.63) is 0 Å². The van der Waals surface area contributed by atoms with Crippen molar-refractivity contribution in [3.63, 3.8) is 0 Å². The molecule has 0 fully saturated rings. The molecule has 1 atom stereocenters. The standard InChI is InChI=1S/C5H9NO2/c1-5(2,8)4(7)3-6/h4,7-8H,1-2H3. The van der Waals surface area contributed by atoms with Gasteiger partial charge in [0, 0.05) is 0 Å². The molecule has 0 saturated carbocycles. The molecule has 3 heteroatoms. The van der Waals surface area contributed by atoms with Gasteiger partial charge in [-0.1, -0.05) is 0 Å². The van der Waals surface area contributed by atoms with Gasteiger partial charge >= 0.3 is 0 Å². The number of aliphatic hydroxyl groups excluding tert-OH is 1. The molecule has 0 aromatic heterocycles. The van der Waals surface area contributed by atoms with Crippen LogP contribution >= 0.6 is 0 Å². The van der Waals surface area contributed by atoms with Crippen LogP contribution in [0, 0.1) is 11.3 Å². The summed E-state index contributed by atoms with van der Waals surface area (Å²) in [6.45, 7) is 2.75. The Balaban J connectivity index is 3.87. The van der Waals surface area contributed by atoms with Gasteiger partial charge in [-0.3, -0.25) is 0 Å². The molecule has 0 aliphatic carbocycles. The van der Waals surface area contributed by atoms with E-state index in [0.29, 0.717) is 0 Å². The summed E-state index contributed by atoms with van der Waals surface area (Å²) >= 11 is 0. The largest absolute Gasteiger partial charge is 0.387 e. The van der Waals surface area contributed by atoms with Crippen molar-refractivity contribution in [2.75, 3.05) is 0 Å². The van der Waals surface area contributed by atoms with Crippen molar-refractivity contribution in [1.82, 2.24) is 0 Å². The topological polar surface area (TPSA) is 64.2 Å². The molecule has 0 aliphatic heterocycles. The third-order valence-corrected chi connectivity index (χ3v) is 0.791. The summed E-state index contributed by atoms with van der Waals surface area (Å²) in [5.74, 6) is 0. The zero-order chi connectivity index (χ0) is 6.78. The van der Waals surface area contributed by atoms with E-state index in [1.807, 2.05) is 0 Å². The Hall–Kier alpha value is -0.590. The first-order valence-electron chi connectivity index (χ1n) is 2.28. The second-order valence-corrected chi connectivity index (χ2v) is 2.19. The highest BCUT2D eigenvalue weighted by atomic mass is 16.3. The third-order valence-electron chi connectivity index (χ3n) is 0.791. The molecule has 8 heavy (non-hydrogen) atoms. The molecule has 0 amide bonds. The molecule has 0 bridgehead atoms. The molecule has 0 heterocycles. The molecule has 0 aromatic rings. The number of hydrogen-bond acceptors (Lipinski definition) is 3. The summed E-state index contributed by atoms with van der Waals surface area (Å²) in [4.78, 5) is 0. The fourth-order valence-corrected chi connectivity index (χ4v) is 0.158. The molecule has 0 aromatic carbocycles. The Morgan fingerprint density at radius 3 is 2.00 bits per heavy atom. The molecular formula is C5H9NO2. The molecule has 46 valence electrons. The van der Waals surface area contributed by atoms with Crippen LogP contribution in [0.25, 0.3) is 0 Å². The van der Waals surface area contributed by atoms with Gasteiger partial charge in [-0.15, -0.1) is 0 Å². The van der Waals surface area contributed by atoms with Crippen LogP contribution in [-0.2, 0) is 0 Å². The summed E-state index contributed by atoms with van der Waals surface area (Å²) in [6.07, 6.45) is -1.29. The maximum absolute atomic E-state index is 8.81. The minimum absolute atomic E-state index is 1.29. The van der Waals surface area contributed by atoms with Crippen LogP contribution in [0.2, 0.25) is 0 Å². The van der Waals surface area contributed by atoms with Gasteiger partial charge in [0.2, 0.25) is 0 Å². The Morgan fingerprint density at radius 1 is 1.62 bits per heavy atom. The van der Waals surface area contributed by atoms with E-state index in [9.17, 15) is 0 Å². The fourth-order valence-electron chi connectivity index (χ4n) is 0.158. The van der Waals surface area contributed by atoms with Gasteiger partial charge in [-0.25, -0.2) is 0 Å². The first-order valence-corrected chi connectivity index (χ1v) is 2.28. The zero-order valence-corrected chi connectivity index (χ0v) is 4.92. The maximum atomic E-state index is 8.81. The summed E-state index contributed by atoms with van der Waals surface area (Å²) < 4.78 is 0. The van der Waals surface area contributed by atoms with Crippen LogP contribution in [-0.4, -0.2) is 21.9 Å². The summed E-state index contributed by atoms with van der Waals surface area (Å²) in [7, 11) is 0. The summed E-state index contributed by atoms with van der Waals surface area (Å²) in [5, 5.41) is 25.4. The lowest BCUT2D eigenvalue weighted by molar-refractivity contribution is -0.0187. The van der Waals surface area contributed by atoms with Crippen LogP contribution in [0.4, 0.5) is 0 Å². The van der Waals surface area contributed by atoms with E-state index in [1.54, 1.807) is 0 Å². The van der Waals surface area contributed by atoms with Crippen LogP contribution in [0.1, 0.15) is 13.8 Å². The summed E-state index contributed by atoms with van der Waals surface area (Å²) in [5.41, 5.74) is -1.30. The predicted molar refractivity (Wildman–Crippen MR) is 27.9 cm³/mol. The normalized spacial score (nSPS) is 14.9. The van der Waals surface area contributed by atoms with Gasteiger partial charge in [-0.2, -0.15) is 5.26 Å². The van der Waals surface area contributed by atoms with Crippen LogP contribution < -0.4 is 0 Å². The van der Waals surface area contributed by atoms with E-state index in [-0.39, 0.29) is 0 Å². The number of nitrogens with zero attached hydrogens (tertiary/aromatic N) is 1. The molecule has 0 saturated heterocycles. The smallest absolute Gasteiger partial charge is 0.168 e. The Kier molecular flexibility index (Phi) is 1.96. The van der Waals surface area contributed by atoms with Crippen molar-refractivity contribution in [2.24, 2.45) is 0 Å². The minimum Gasteiger partial charge on any atom is -0.387 e. The highest BCUT2D eigenvalue weighted by Crippen LogP contribution is 2.05. The van der Waals surface area contributed by atoms with E-state index in [2.05, 4.69) is 0 Å². The molecule has 0 aliphatic rings. The predicted octanol–water partition coefficient (Wildman–Crippen LogP) is -0.358. The molecule has 0 rings (SSSR count). The minimum atomic E-state index is -1.30. The Morgan fingerprint density at radius 2 is 2.00 bits per heavy atom. The second-order valence-electron chi connectivity index (χ2n) is 2.19. The van der Waals surface area contributed by atoms with Gasteiger partial charge in [0.1, 0.15) is 0 Å². The van der Waals surface area contributed by atoms with Gasteiger partial charge in [0.25, 0.3) is 0 Å². The van der Waals surface area contributed by atoms with E-state index < -0.39 is 11.7 Å². The van der Waals surface area contributed by atoms with Crippen molar-refractivity contribution < 1.29 is 10.2 Å². The molecule has 1 unspecified atom stereocenters. The number of aliphatic hydroxyl groups is 2. The number of nitriles is 1. The Labute approximate surface area is 48.2 Å². The molecule has 0 radical (unpaired) electrons. The average molecular weight is 115 g/mol. The third kappa shape index (κ3) is 1.92. The maximum Gasteiger partial charge on any atom is 0.168 e. The monoisotopic (exact) mass is 115 g/mol. The number of rotatable bonds is 1. The highest BCUT2D eigenvalue weighted by Gasteiger charge is 2.23. The van der Waals surface area contributed by atoms with Crippen molar-refractivity contribution in [3.8, 4) is 6.07 Å². The van der Waals surface area contributed by atoms with E-state index in [1.165, 1.54) is 19.9 Å². The first-order chi connectivity index (χ1) is 3.48. The van der Waals surface area contributed by atoms with Gasteiger partial charge in [0.15, 0.2) is 6.10 Å². The van der Waals surface area contributed by atoms with Crippen LogP contribution in [0.5, 0.6) is 0 Å². The van der Waals surface area contributed by atoms with Gasteiger partial charge < -0.3 is 10.2 Å². The van der Waals surface area contributed by atoms with Crippen molar-refractivity contribution in [1.29, 1.82) is 5.26 Å². The molecule has 2 N–H and O–H groups in total. The lowest BCUT2D eigenvalue weighted by Gasteiger charge is -2.17. The SMILES string of the molecule is CC(C)(O)C(O)C#N. The van der Waals surface area contributed by atoms with E-state index in [4.69, 9.17) is 15.5 Å². The second kappa shape index (κ2) is 2.12. The first kappa shape index (κ1) is 7.41. The van der Waals surface area contributed by atoms with Crippen LogP contribution in [0.15, 0.2) is 0 Å². The molecular weight excluding hydrogens is 106 g/mol. The lowest BCUT2D eigenvalue weighted by atomic mass is 10.0. The summed E-state index contributed by atoms with van der Waals surface area (Å²) in [6, 6.07) is 1.51. The van der Waals surface area contributed by atoms with Gasteiger partial charge in [0.05, 0.1) is 11.7 Å². The van der Waals surface area contributed by atoms with Crippen LogP contribution in [0.3, 0.4) is 0 Å². The molecule has 3 nitrogen and oxygen atoms in total. The highest BCUT2D eigenvalue weighted by molar-refractivity contribution is 4.93.